The zero-order chi connectivity index (χ0) is 18.2. The number of hydrogen-bond donors (Lipinski definition) is 1. The number of allylic oxidation sites excluding steroid dienone is 1. The van der Waals surface area contributed by atoms with Gasteiger partial charge in [0.25, 0.3) is 0 Å². The van der Waals surface area contributed by atoms with Crippen LogP contribution in [0.5, 0.6) is 0 Å². The molecule has 1 N–H and O–H groups in total. The molecule has 1 amide bonds. The molecule has 0 bridgehead atoms. The van der Waals surface area contributed by atoms with E-state index in [1.807, 2.05) is 35.8 Å². The van der Waals surface area contributed by atoms with Crippen LogP contribution in [0.15, 0.2) is 42.1 Å². The Balaban J connectivity index is 2.09. The topological polar surface area (TPSA) is 59.8 Å². The van der Waals surface area contributed by atoms with E-state index in [1.54, 1.807) is 6.08 Å². The Morgan fingerprint density at radius 3 is 2.76 bits per heavy atom. The highest BCUT2D eigenvalue weighted by Gasteiger charge is 2.15. The van der Waals surface area contributed by atoms with Crippen molar-refractivity contribution in [3.05, 3.63) is 41.9 Å². The fourth-order valence-electron chi connectivity index (χ4n) is 2.45. The lowest BCUT2D eigenvalue weighted by Gasteiger charge is -2.12. The van der Waals surface area contributed by atoms with Gasteiger partial charge in [-0.1, -0.05) is 42.8 Å². The maximum atomic E-state index is 12.1. The number of amides is 1. The van der Waals surface area contributed by atoms with E-state index in [2.05, 4.69) is 29.0 Å². The maximum Gasteiger partial charge on any atom is 0.230 e. The zero-order valence-corrected chi connectivity index (χ0v) is 16.1. The van der Waals surface area contributed by atoms with Crippen LogP contribution in [0.2, 0.25) is 5.02 Å². The number of hydrogen-bond acceptors (Lipinski definition) is 4. The molecule has 0 aliphatic carbocycles. The summed E-state index contributed by atoms with van der Waals surface area (Å²) in [4.78, 5) is 12.1. The summed E-state index contributed by atoms with van der Waals surface area (Å²) in [5, 5.41) is 12.9. The van der Waals surface area contributed by atoms with Crippen LogP contribution in [0.4, 0.5) is 0 Å². The number of benzene rings is 1. The molecule has 0 saturated heterocycles. The Labute approximate surface area is 157 Å². The van der Waals surface area contributed by atoms with Crippen molar-refractivity contribution >= 4 is 29.3 Å². The minimum absolute atomic E-state index is 0.00662. The van der Waals surface area contributed by atoms with Gasteiger partial charge in [0.15, 0.2) is 11.0 Å². The third kappa shape index (κ3) is 5.61. The van der Waals surface area contributed by atoms with Crippen molar-refractivity contribution in [2.45, 2.75) is 44.4 Å². The summed E-state index contributed by atoms with van der Waals surface area (Å²) in [5.41, 5.74) is 0.923. The van der Waals surface area contributed by atoms with Gasteiger partial charge in [-0.3, -0.25) is 9.36 Å². The molecule has 7 heteroatoms. The third-order valence-corrected chi connectivity index (χ3v) is 4.81. The highest BCUT2D eigenvalue weighted by molar-refractivity contribution is 7.99. The first-order chi connectivity index (χ1) is 12.0. The number of nitrogens with one attached hydrogen (secondary N) is 1. The van der Waals surface area contributed by atoms with E-state index >= 15 is 0 Å². The van der Waals surface area contributed by atoms with Gasteiger partial charge in [-0.05, 0) is 37.6 Å². The lowest BCUT2D eigenvalue weighted by atomic mass is 10.2. The number of halogens is 1. The first-order valence-corrected chi connectivity index (χ1v) is 9.63. The van der Waals surface area contributed by atoms with Crippen LogP contribution in [0.1, 0.15) is 26.7 Å². The standard InChI is InChI=1S/C18H23ClN4OS/c1-4-6-13(3)20-16(24)12-25-18-22-21-17(23(18)11-5-2)14-7-9-15(19)10-8-14/h5,7-10,13H,2,4,6,11-12H2,1,3H3,(H,20,24)/t13-/m0/s1. The molecule has 0 fully saturated rings. The molecule has 1 heterocycles. The Bertz CT molecular complexity index is 714. The van der Waals surface area contributed by atoms with E-state index in [-0.39, 0.29) is 11.9 Å². The Hall–Kier alpha value is -1.79. The second-order valence-electron chi connectivity index (χ2n) is 5.76. The number of carbonyl (C=O) groups is 1. The van der Waals surface area contributed by atoms with Gasteiger partial charge >= 0.3 is 0 Å². The molecule has 2 aromatic rings. The Morgan fingerprint density at radius 2 is 2.12 bits per heavy atom. The van der Waals surface area contributed by atoms with E-state index in [9.17, 15) is 4.79 Å². The van der Waals surface area contributed by atoms with Crippen molar-refractivity contribution in [3.8, 4) is 11.4 Å². The van der Waals surface area contributed by atoms with Crippen molar-refractivity contribution in [1.29, 1.82) is 0 Å². The quantitative estimate of drug-likeness (QED) is 0.525. The second-order valence-corrected chi connectivity index (χ2v) is 7.14. The molecule has 0 spiro atoms. The summed E-state index contributed by atoms with van der Waals surface area (Å²) >= 11 is 7.32. The van der Waals surface area contributed by atoms with Gasteiger partial charge in [0.2, 0.25) is 5.91 Å². The molecule has 0 radical (unpaired) electrons. The average Bonchev–Trinajstić information content (AvgIpc) is 2.97. The molecule has 1 atom stereocenters. The van der Waals surface area contributed by atoms with Gasteiger partial charge in [-0.25, -0.2) is 0 Å². The van der Waals surface area contributed by atoms with Gasteiger partial charge in [-0.2, -0.15) is 0 Å². The summed E-state index contributed by atoms with van der Waals surface area (Å²) in [7, 11) is 0. The minimum Gasteiger partial charge on any atom is -0.353 e. The summed E-state index contributed by atoms with van der Waals surface area (Å²) in [5.74, 6) is 1.05. The highest BCUT2D eigenvalue weighted by atomic mass is 35.5. The molecular formula is C18H23ClN4OS. The average molecular weight is 379 g/mol. The molecule has 1 aromatic carbocycles. The molecular weight excluding hydrogens is 356 g/mol. The van der Waals surface area contributed by atoms with Gasteiger partial charge in [-0.15, -0.1) is 16.8 Å². The zero-order valence-electron chi connectivity index (χ0n) is 14.5. The molecule has 0 saturated carbocycles. The predicted octanol–water partition coefficient (Wildman–Crippen LogP) is 4.18. The largest absolute Gasteiger partial charge is 0.353 e. The van der Waals surface area contributed by atoms with Crippen LogP contribution in [-0.4, -0.2) is 32.5 Å². The molecule has 1 aromatic heterocycles. The van der Waals surface area contributed by atoms with E-state index in [4.69, 9.17) is 11.6 Å². The van der Waals surface area contributed by atoms with Crippen LogP contribution in [0.3, 0.4) is 0 Å². The summed E-state index contributed by atoms with van der Waals surface area (Å²) in [6, 6.07) is 7.63. The Morgan fingerprint density at radius 1 is 1.40 bits per heavy atom. The first kappa shape index (κ1) is 19.5. The van der Waals surface area contributed by atoms with E-state index in [1.165, 1.54) is 11.8 Å². The van der Waals surface area contributed by atoms with Crippen molar-refractivity contribution in [1.82, 2.24) is 20.1 Å². The number of thioether (sulfide) groups is 1. The lowest BCUT2D eigenvalue weighted by Crippen LogP contribution is -2.33. The molecule has 2 rings (SSSR count). The number of rotatable bonds is 9. The normalized spacial score (nSPS) is 12.0. The van der Waals surface area contributed by atoms with E-state index in [0.29, 0.717) is 22.5 Å². The molecule has 134 valence electrons. The second kappa shape index (κ2) is 9.63. The Kier molecular flexibility index (Phi) is 7.52. The minimum atomic E-state index is 0.00662. The van der Waals surface area contributed by atoms with Crippen molar-refractivity contribution in [3.63, 3.8) is 0 Å². The first-order valence-electron chi connectivity index (χ1n) is 8.27. The molecule has 5 nitrogen and oxygen atoms in total. The van der Waals surface area contributed by atoms with Gasteiger partial charge < -0.3 is 5.32 Å². The van der Waals surface area contributed by atoms with Crippen LogP contribution in [0.25, 0.3) is 11.4 Å². The molecule has 25 heavy (non-hydrogen) atoms. The monoisotopic (exact) mass is 378 g/mol. The fourth-order valence-corrected chi connectivity index (χ4v) is 3.34. The van der Waals surface area contributed by atoms with Crippen LogP contribution < -0.4 is 5.32 Å². The lowest BCUT2D eigenvalue weighted by molar-refractivity contribution is -0.119. The number of nitrogens with zero attached hydrogens (tertiary/aromatic N) is 3. The number of aromatic nitrogens is 3. The summed E-state index contributed by atoms with van der Waals surface area (Å²) in [6.45, 7) is 8.49. The van der Waals surface area contributed by atoms with Crippen LogP contribution >= 0.6 is 23.4 Å². The maximum absolute atomic E-state index is 12.1. The predicted molar refractivity (Wildman–Crippen MR) is 104 cm³/mol. The fraction of sp³-hybridized carbons (Fsp3) is 0.389. The highest BCUT2D eigenvalue weighted by Crippen LogP contribution is 2.25. The summed E-state index contributed by atoms with van der Waals surface area (Å²) in [6.07, 6.45) is 3.81. The van der Waals surface area contributed by atoms with Crippen LogP contribution in [-0.2, 0) is 11.3 Å². The summed E-state index contributed by atoms with van der Waals surface area (Å²) < 4.78 is 1.95. The molecule has 0 unspecified atom stereocenters. The van der Waals surface area contributed by atoms with E-state index in [0.717, 1.165) is 24.2 Å². The third-order valence-electron chi connectivity index (χ3n) is 3.59. The number of carbonyl (C=O) groups excluding carboxylic acids is 1. The van der Waals surface area contributed by atoms with Crippen LogP contribution in [0, 0.1) is 0 Å². The van der Waals surface area contributed by atoms with Gasteiger partial charge in [0.05, 0.1) is 5.75 Å². The SMILES string of the molecule is C=CCn1c(SCC(=O)N[C@@H](C)CCC)nnc1-c1ccc(Cl)cc1. The van der Waals surface area contributed by atoms with Crippen molar-refractivity contribution in [2.24, 2.45) is 0 Å². The van der Waals surface area contributed by atoms with E-state index < -0.39 is 0 Å². The molecule has 0 aliphatic heterocycles. The van der Waals surface area contributed by atoms with Crippen molar-refractivity contribution < 1.29 is 4.79 Å². The smallest absolute Gasteiger partial charge is 0.230 e. The van der Waals surface area contributed by atoms with Gasteiger partial charge in [0.1, 0.15) is 0 Å². The van der Waals surface area contributed by atoms with Gasteiger partial charge in [0, 0.05) is 23.2 Å². The molecule has 0 aliphatic rings. The van der Waals surface area contributed by atoms with Crippen molar-refractivity contribution in [2.75, 3.05) is 5.75 Å².